The van der Waals surface area contributed by atoms with Gasteiger partial charge in [0.1, 0.15) is 0 Å². The average Bonchev–Trinajstić information content (AvgIpc) is 2.73. The fraction of sp³-hybridized carbons (Fsp3) is 1.00. The molecule has 2 nitrogen and oxygen atoms in total. The second kappa shape index (κ2) is 4.71. The Morgan fingerprint density at radius 1 is 1.05 bits per heavy atom. The number of nitrogens with one attached hydrogen (secondary N) is 1. The van der Waals surface area contributed by atoms with Crippen LogP contribution in [0.1, 0.15) is 72.6 Å². The molecule has 0 aromatic carbocycles. The van der Waals surface area contributed by atoms with E-state index in [0.717, 1.165) is 31.2 Å². The van der Waals surface area contributed by atoms with Crippen LogP contribution in [0.3, 0.4) is 0 Å². The third kappa shape index (κ3) is 2.14. The molecule has 3 fully saturated rings. The van der Waals surface area contributed by atoms with E-state index in [9.17, 15) is 5.11 Å². The molecule has 0 aromatic heterocycles. The van der Waals surface area contributed by atoms with Gasteiger partial charge in [0.15, 0.2) is 0 Å². The predicted octanol–water partition coefficient (Wildman–Crippen LogP) is 3.73. The highest BCUT2D eigenvalue weighted by Crippen LogP contribution is 2.65. The van der Waals surface area contributed by atoms with E-state index in [0.29, 0.717) is 16.9 Å². The van der Waals surface area contributed by atoms with Crippen molar-refractivity contribution in [3.05, 3.63) is 0 Å². The topological polar surface area (TPSA) is 32.3 Å². The molecule has 20 heavy (non-hydrogen) atoms. The van der Waals surface area contributed by atoms with Gasteiger partial charge in [0.05, 0.1) is 5.60 Å². The van der Waals surface area contributed by atoms with Crippen molar-refractivity contribution >= 4 is 0 Å². The number of hydrogen-bond donors (Lipinski definition) is 2. The first-order valence-corrected chi connectivity index (χ1v) is 8.73. The van der Waals surface area contributed by atoms with Crippen molar-refractivity contribution in [2.75, 3.05) is 6.54 Å². The summed E-state index contributed by atoms with van der Waals surface area (Å²) >= 11 is 0. The summed E-state index contributed by atoms with van der Waals surface area (Å²) in [5, 5.41) is 14.6. The van der Waals surface area contributed by atoms with Gasteiger partial charge in [-0.3, -0.25) is 0 Å². The van der Waals surface area contributed by atoms with Gasteiger partial charge in [-0.1, -0.05) is 27.7 Å². The standard InChI is InChI=1S/C18H33NO/c1-13-5-9-18(20,10-6-13)12-19-15-11-14-7-8-17(15,4)16(14,2)3/h13-15,19-20H,5-12H2,1-4H3. The molecule has 2 N–H and O–H groups in total. The summed E-state index contributed by atoms with van der Waals surface area (Å²) in [6.07, 6.45) is 8.43. The normalized spacial score (nSPS) is 50.5. The molecular weight excluding hydrogens is 246 g/mol. The summed E-state index contributed by atoms with van der Waals surface area (Å²) < 4.78 is 0. The molecule has 2 heteroatoms. The van der Waals surface area contributed by atoms with Gasteiger partial charge in [0.2, 0.25) is 0 Å². The van der Waals surface area contributed by atoms with Gasteiger partial charge >= 0.3 is 0 Å². The Hall–Kier alpha value is -0.0800. The highest BCUT2D eigenvalue weighted by atomic mass is 16.3. The van der Waals surface area contributed by atoms with E-state index in [1.54, 1.807) is 0 Å². The van der Waals surface area contributed by atoms with Gasteiger partial charge in [-0.2, -0.15) is 0 Å². The molecule has 0 aliphatic heterocycles. The first-order chi connectivity index (χ1) is 9.27. The van der Waals surface area contributed by atoms with Crippen LogP contribution in [0.15, 0.2) is 0 Å². The molecule has 0 radical (unpaired) electrons. The van der Waals surface area contributed by atoms with E-state index in [2.05, 4.69) is 33.0 Å². The molecule has 116 valence electrons. The summed E-state index contributed by atoms with van der Waals surface area (Å²) in [6.45, 7) is 10.5. The highest BCUT2D eigenvalue weighted by Gasteiger charge is 2.61. The third-order valence-electron chi connectivity index (χ3n) is 7.68. The Labute approximate surface area is 124 Å². The van der Waals surface area contributed by atoms with Gasteiger partial charge in [0.25, 0.3) is 0 Å². The van der Waals surface area contributed by atoms with Gasteiger partial charge in [-0.15, -0.1) is 0 Å². The Balaban J connectivity index is 1.60. The molecule has 2 bridgehead atoms. The molecule has 0 spiro atoms. The lowest BCUT2D eigenvalue weighted by Crippen LogP contribution is -2.51. The zero-order valence-electron chi connectivity index (χ0n) is 13.8. The van der Waals surface area contributed by atoms with Crippen molar-refractivity contribution in [2.45, 2.75) is 84.3 Å². The number of rotatable bonds is 3. The van der Waals surface area contributed by atoms with E-state index in [1.165, 1.54) is 32.1 Å². The molecule has 0 saturated heterocycles. The average molecular weight is 279 g/mol. The van der Waals surface area contributed by atoms with Gasteiger partial charge in [-0.05, 0) is 67.6 Å². The summed E-state index contributed by atoms with van der Waals surface area (Å²) in [6, 6.07) is 0.611. The second-order valence-corrected chi connectivity index (χ2v) is 8.95. The van der Waals surface area contributed by atoms with E-state index in [-0.39, 0.29) is 0 Å². The molecule has 3 aliphatic carbocycles. The van der Waals surface area contributed by atoms with Crippen LogP contribution in [0.25, 0.3) is 0 Å². The maximum absolute atomic E-state index is 10.8. The quantitative estimate of drug-likeness (QED) is 0.825. The van der Waals surface area contributed by atoms with Crippen molar-refractivity contribution in [1.82, 2.24) is 5.32 Å². The zero-order chi connectivity index (χ0) is 14.6. The van der Waals surface area contributed by atoms with Crippen LogP contribution in [0.2, 0.25) is 0 Å². The Morgan fingerprint density at radius 3 is 2.20 bits per heavy atom. The first kappa shape index (κ1) is 14.8. The van der Waals surface area contributed by atoms with Crippen molar-refractivity contribution in [2.24, 2.45) is 22.7 Å². The van der Waals surface area contributed by atoms with E-state index >= 15 is 0 Å². The SMILES string of the molecule is CC1CCC(O)(CNC2CC3CCC2(C)C3(C)C)CC1. The van der Waals surface area contributed by atoms with Gasteiger partial charge in [0, 0.05) is 12.6 Å². The fourth-order valence-electron chi connectivity index (χ4n) is 5.30. The summed E-state index contributed by atoms with van der Waals surface area (Å²) in [5.74, 6) is 1.68. The predicted molar refractivity (Wildman–Crippen MR) is 83.6 cm³/mol. The molecule has 0 aromatic rings. The molecule has 3 atom stereocenters. The smallest absolute Gasteiger partial charge is 0.0771 e. The Morgan fingerprint density at radius 2 is 1.70 bits per heavy atom. The molecule has 3 rings (SSSR count). The van der Waals surface area contributed by atoms with Crippen LogP contribution in [0, 0.1) is 22.7 Å². The monoisotopic (exact) mass is 279 g/mol. The molecular formula is C18H33NO. The Kier molecular flexibility index (Phi) is 3.49. The Bertz CT molecular complexity index is 370. The number of fused-ring (bicyclic) bond motifs is 2. The molecule has 3 aliphatic rings. The van der Waals surface area contributed by atoms with Crippen LogP contribution in [-0.4, -0.2) is 23.3 Å². The summed E-state index contributed by atoms with van der Waals surface area (Å²) in [7, 11) is 0. The van der Waals surface area contributed by atoms with Crippen molar-refractivity contribution in [3.8, 4) is 0 Å². The van der Waals surface area contributed by atoms with Crippen LogP contribution >= 0.6 is 0 Å². The van der Waals surface area contributed by atoms with Crippen LogP contribution in [0.4, 0.5) is 0 Å². The van der Waals surface area contributed by atoms with Crippen LogP contribution in [-0.2, 0) is 0 Å². The zero-order valence-corrected chi connectivity index (χ0v) is 13.8. The maximum Gasteiger partial charge on any atom is 0.0771 e. The maximum atomic E-state index is 10.8. The second-order valence-electron chi connectivity index (χ2n) is 8.95. The minimum atomic E-state index is -0.436. The molecule has 3 unspecified atom stereocenters. The lowest BCUT2D eigenvalue weighted by Gasteiger charge is -2.42. The largest absolute Gasteiger partial charge is 0.389 e. The number of hydrogen-bond acceptors (Lipinski definition) is 2. The first-order valence-electron chi connectivity index (χ1n) is 8.73. The fourth-order valence-corrected chi connectivity index (χ4v) is 5.30. The minimum absolute atomic E-state index is 0.427. The van der Waals surface area contributed by atoms with Crippen molar-refractivity contribution in [3.63, 3.8) is 0 Å². The third-order valence-corrected chi connectivity index (χ3v) is 7.68. The van der Waals surface area contributed by atoms with E-state index < -0.39 is 5.60 Å². The molecule has 3 saturated carbocycles. The van der Waals surface area contributed by atoms with Crippen LogP contribution in [0.5, 0.6) is 0 Å². The van der Waals surface area contributed by atoms with E-state index in [1.807, 2.05) is 0 Å². The molecule has 0 heterocycles. The number of aliphatic hydroxyl groups is 1. The molecule has 0 amide bonds. The van der Waals surface area contributed by atoms with Gasteiger partial charge < -0.3 is 10.4 Å². The van der Waals surface area contributed by atoms with Gasteiger partial charge in [-0.25, -0.2) is 0 Å². The van der Waals surface area contributed by atoms with Crippen LogP contribution < -0.4 is 5.32 Å². The summed E-state index contributed by atoms with van der Waals surface area (Å²) in [4.78, 5) is 0. The lowest BCUT2D eigenvalue weighted by molar-refractivity contribution is -0.0135. The van der Waals surface area contributed by atoms with E-state index in [4.69, 9.17) is 0 Å². The minimum Gasteiger partial charge on any atom is -0.389 e. The lowest BCUT2D eigenvalue weighted by atomic mass is 9.69. The summed E-state index contributed by atoms with van der Waals surface area (Å²) in [5.41, 5.74) is 0.458. The highest BCUT2D eigenvalue weighted by molar-refractivity contribution is 5.13. The van der Waals surface area contributed by atoms with Crippen molar-refractivity contribution in [1.29, 1.82) is 0 Å². The van der Waals surface area contributed by atoms with Crippen molar-refractivity contribution < 1.29 is 5.11 Å².